The van der Waals surface area contributed by atoms with E-state index in [1.165, 1.54) is 4.90 Å². The Kier molecular flexibility index (Phi) is 3.61. The van der Waals surface area contributed by atoms with Gasteiger partial charge in [0, 0.05) is 0 Å². The number of allylic oxidation sites excluding steroid dienone is 2. The van der Waals surface area contributed by atoms with E-state index in [0.29, 0.717) is 28.8 Å². The summed E-state index contributed by atoms with van der Waals surface area (Å²) in [6, 6.07) is 13.9. The van der Waals surface area contributed by atoms with Gasteiger partial charge in [-0.15, -0.1) is 0 Å². The van der Waals surface area contributed by atoms with Gasteiger partial charge in [0.05, 0.1) is 23.1 Å². The zero-order chi connectivity index (χ0) is 20.6. The fraction of sp³-hybridized carbons (Fsp3) is 0.320. The Morgan fingerprint density at radius 3 is 2.27 bits per heavy atom. The van der Waals surface area contributed by atoms with Gasteiger partial charge in [0.1, 0.15) is 5.75 Å². The molecule has 0 N–H and O–H groups in total. The van der Waals surface area contributed by atoms with Gasteiger partial charge in [0.25, 0.3) is 0 Å². The summed E-state index contributed by atoms with van der Waals surface area (Å²) < 4.78 is 5.52. The second-order valence-electron chi connectivity index (χ2n) is 8.87. The molecular weight excluding hydrogens is 378 g/mol. The third-order valence-electron chi connectivity index (χ3n) is 7.30. The van der Waals surface area contributed by atoms with Crippen molar-refractivity contribution in [1.29, 1.82) is 0 Å². The van der Waals surface area contributed by atoms with Gasteiger partial charge in [0.2, 0.25) is 11.8 Å². The van der Waals surface area contributed by atoms with E-state index in [-0.39, 0.29) is 35.5 Å². The Labute approximate surface area is 174 Å². The lowest BCUT2D eigenvalue weighted by molar-refractivity contribution is -0.124. The Balaban J connectivity index is 1.30. The molecule has 0 unspecified atom stereocenters. The summed E-state index contributed by atoms with van der Waals surface area (Å²) in [4.78, 5) is 40.5. The van der Waals surface area contributed by atoms with Crippen molar-refractivity contribution in [2.45, 2.75) is 13.3 Å². The molecule has 2 aromatic carbocycles. The monoisotopic (exact) mass is 399 g/mol. The molecular formula is C25H21NO4. The molecule has 1 aliphatic heterocycles. The largest absolute Gasteiger partial charge is 0.423 e. The van der Waals surface area contributed by atoms with Gasteiger partial charge in [-0.2, -0.15) is 0 Å². The number of rotatable bonds is 3. The van der Waals surface area contributed by atoms with Crippen LogP contribution in [0.15, 0.2) is 60.7 Å². The standard InChI is InChI=1S/C25H21NO4/c1-13-5-2-3-8-20(13)30-25(29)14-6-4-7-15(11-14)26-23(27)21-16-9-10-17(19-12-18(16)19)22(21)24(26)28/h2-11,16-19,21-22H,12H2,1H3/t16-,17+,18-,19-,21+,22+/m1/s1. The Hall–Kier alpha value is -3.21. The molecule has 2 amide bonds. The Morgan fingerprint density at radius 1 is 0.933 bits per heavy atom. The number of ether oxygens (including phenoxy) is 1. The van der Waals surface area contributed by atoms with Gasteiger partial charge in [-0.3, -0.25) is 9.59 Å². The maximum atomic E-state index is 13.3. The maximum Gasteiger partial charge on any atom is 0.343 e. The molecule has 3 fully saturated rings. The second kappa shape index (κ2) is 6.14. The van der Waals surface area contributed by atoms with Crippen LogP contribution in [0.3, 0.4) is 0 Å². The number of para-hydroxylation sites is 1. The molecule has 7 rings (SSSR count). The van der Waals surface area contributed by atoms with Crippen LogP contribution in [-0.2, 0) is 9.59 Å². The van der Waals surface area contributed by atoms with Crippen LogP contribution in [0.4, 0.5) is 5.69 Å². The first-order valence-corrected chi connectivity index (χ1v) is 10.5. The van der Waals surface area contributed by atoms with Crippen molar-refractivity contribution in [3.63, 3.8) is 0 Å². The molecule has 5 heteroatoms. The zero-order valence-electron chi connectivity index (χ0n) is 16.5. The molecule has 0 aromatic heterocycles. The van der Waals surface area contributed by atoms with Crippen LogP contribution in [0.5, 0.6) is 5.75 Å². The van der Waals surface area contributed by atoms with E-state index in [1.54, 1.807) is 30.3 Å². The maximum absolute atomic E-state index is 13.3. The van der Waals surface area contributed by atoms with E-state index in [4.69, 9.17) is 4.74 Å². The fourth-order valence-corrected chi connectivity index (χ4v) is 5.81. The van der Waals surface area contributed by atoms with Crippen molar-refractivity contribution in [1.82, 2.24) is 0 Å². The lowest BCUT2D eigenvalue weighted by Gasteiger charge is -2.37. The lowest BCUT2D eigenvalue weighted by Crippen LogP contribution is -2.40. The third kappa shape index (κ3) is 2.38. The number of hydrogen-bond donors (Lipinski definition) is 0. The van der Waals surface area contributed by atoms with Crippen molar-refractivity contribution in [3.05, 3.63) is 71.8 Å². The molecule has 2 aromatic rings. The number of imide groups is 1. The molecule has 0 radical (unpaired) electrons. The summed E-state index contributed by atoms with van der Waals surface area (Å²) in [7, 11) is 0. The summed E-state index contributed by atoms with van der Waals surface area (Å²) in [5.41, 5.74) is 1.62. The Bertz CT molecular complexity index is 1100. The van der Waals surface area contributed by atoms with Crippen molar-refractivity contribution in [2.24, 2.45) is 35.5 Å². The summed E-state index contributed by atoms with van der Waals surface area (Å²) in [6.07, 6.45) is 5.45. The van der Waals surface area contributed by atoms with E-state index in [0.717, 1.165) is 12.0 Å². The number of carbonyl (C=O) groups is 3. The number of amides is 2. The molecule has 5 nitrogen and oxygen atoms in total. The van der Waals surface area contributed by atoms with Crippen LogP contribution in [0.25, 0.3) is 0 Å². The van der Waals surface area contributed by atoms with Crippen molar-refractivity contribution in [3.8, 4) is 5.75 Å². The van der Waals surface area contributed by atoms with Crippen molar-refractivity contribution in [2.75, 3.05) is 4.90 Å². The molecule has 2 bridgehead atoms. The van der Waals surface area contributed by atoms with Gasteiger partial charge in [-0.25, -0.2) is 9.69 Å². The average molecular weight is 399 g/mol. The minimum absolute atomic E-state index is 0.126. The SMILES string of the molecule is Cc1ccccc1OC(=O)c1cccc(N2C(=O)[C@H]3[C@@H]4C=C[C@@H]([C@H]5C[C@H]45)[C@@H]3C2=O)c1. The smallest absolute Gasteiger partial charge is 0.343 e. The van der Waals surface area contributed by atoms with Gasteiger partial charge in [-0.1, -0.05) is 36.4 Å². The minimum Gasteiger partial charge on any atom is -0.423 e. The van der Waals surface area contributed by atoms with Crippen LogP contribution < -0.4 is 9.64 Å². The highest BCUT2D eigenvalue weighted by Gasteiger charge is 2.67. The summed E-state index contributed by atoms with van der Waals surface area (Å²) in [6.45, 7) is 1.87. The number of aryl methyl sites for hydroxylation is 1. The summed E-state index contributed by atoms with van der Waals surface area (Å²) >= 11 is 0. The molecule has 5 aliphatic rings. The number of anilines is 1. The van der Waals surface area contributed by atoms with Crippen molar-refractivity contribution < 1.29 is 19.1 Å². The number of benzene rings is 2. The van der Waals surface area contributed by atoms with E-state index < -0.39 is 5.97 Å². The molecule has 0 spiro atoms. The van der Waals surface area contributed by atoms with E-state index >= 15 is 0 Å². The van der Waals surface area contributed by atoms with Crippen molar-refractivity contribution >= 4 is 23.5 Å². The summed E-state index contributed by atoms with van der Waals surface area (Å²) in [5, 5.41) is 0. The second-order valence-corrected chi connectivity index (χ2v) is 8.87. The molecule has 30 heavy (non-hydrogen) atoms. The summed E-state index contributed by atoms with van der Waals surface area (Å²) in [5.74, 6) is 0.721. The predicted molar refractivity (Wildman–Crippen MR) is 110 cm³/mol. The van der Waals surface area contributed by atoms with Crippen LogP contribution in [-0.4, -0.2) is 17.8 Å². The number of nitrogens with zero attached hydrogens (tertiary/aromatic N) is 1. The van der Waals surface area contributed by atoms with Gasteiger partial charge >= 0.3 is 5.97 Å². The van der Waals surface area contributed by atoms with Gasteiger partial charge < -0.3 is 4.74 Å². The number of hydrogen-bond acceptors (Lipinski definition) is 4. The van der Waals surface area contributed by atoms with Crippen LogP contribution in [0.1, 0.15) is 22.3 Å². The fourth-order valence-electron chi connectivity index (χ4n) is 5.81. The van der Waals surface area contributed by atoms with Crippen LogP contribution in [0.2, 0.25) is 0 Å². The molecule has 4 aliphatic carbocycles. The quantitative estimate of drug-likeness (QED) is 0.341. The molecule has 2 saturated carbocycles. The average Bonchev–Trinajstić information content (AvgIpc) is 3.53. The number of esters is 1. The highest BCUT2D eigenvalue weighted by atomic mass is 16.5. The molecule has 6 atom stereocenters. The molecule has 1 saturated heterocycles. The normalized spacial score (nSPS) is 32.8. The topological polar surface area (TPSA) is 63.7 Å². The Morgan fingerprint density at radius 2 is 1.60 bits per heavy atom. The molecule has 1 heterocycles. The zero-order valence-corrected chi connectivity index (χ0v) is 16.5. The van der Waals surface area contributed by atoms with E-state index in [2.05, 4.69) is 12.2 Å². The first-order chi connectivity index (χ1) is 14.5. The lowest BCUT2D eigenvalue weighted by atomic mass is 9.63. The van der Waals surface area contributed by atoms with Crippen LogP contribution >= 0.6 is 0 Å². The predicted octanol–water partition coefficient (Wildman–Crippen LogP) is 3.77. The van der Waals surface area contributed by atoms with Crippen LogP contribution in [0, 0.1) is 42.4 Å². The third-order valence-corrected chi connectivity index (χ3v) is 7.30. The highest BCUT2D eigenvalue weighted by molar-refractivity contribution is 6.23. The minimum atomic E-state index is -0.509. The van der Waals surface area contributed by atoms with Gasteiger partial charge in [0.15, 0.2) is 0 Å². The highest BCUT2D eigenvalue weighted by Crippen LogP contribution is 2.65. The first kappa shape index (κ1) is 17.6. The van der Waals surface area contributed by atoms with Gasteiger partial charge in [-0.05, 0) is 66.8 Å². The molecule has 150 valence electrons. The van der Waals surface area contributed by atoms with E-state index in [1.807, 2.05) is 25.1 Å². The first-order valence-electron chi connectivity index (χ1n) is 10.5. The number of carbonyl (C=O) groups excluding carboxylic acids is 3. The van der Waals surface area contributed by atoms with E-state index in [9.17, 15) is 14.4 Å².